The highest BCUT2D eigenvalue weighted by atomic mass is 35.5. The number of thiazole rings is 2. The monoisotopic (exact) mass is 842 g/mol. The van der Waals surface area contributed by atoms with Crippen molar-refractivity contribution in [1.82, 2.24) is 9.97 Å². The third kappa shape index (κ3) is 9.72. The lowest BCUT2D eigenvalue weighted by atomic mass is 10.1. The van der Waals surface area contributed by atoms with Crippen LogP contribution in [0.4, 0.5) is 34.8 Å². The van der Waals surface area contributed by atoms with Crippen LogP contribution in [0.1, 0.15) is 42.0 Å². The number of halogens is 5. The number of nitrogens with zero attached hydrogens (tertiary/aromatic N) is 4. The smallest absolute Gasteiger partial charge is 0.418 e. The largest absolute Gasteiger partial charge is 0.497 e. The van der Waals surface area contributed by atoms with Gasteiger partial charge in [0.15, 0.2) is 10.3 Å². The number of aromatic nitrogens is 2. The first-order valence-electron chi connectivity index (χ1n) is 17.8. The maximum absolute atomic E-state index is 13.6. The molecule has 0 spiro atoms. The van der Waals surface area contributed by atoms with Crippen LogP contribution in [0.5, 0.6) is 17.2 Å². The van der Waals surface area contributed by atoms with Gasteiger partial charge in [0.1, 0.15) is 17.2 Å². The van der Waals surface area contributed by atoms with Gasteiger partial charge >= 0.3 is 6.18 Å². The molecule has 56 heavy (non-hydrogen) atoms. The number of para-hydroxylation sites is 3. The summed E-state index contributed by atoms with van der Waals surface area (Å²) in [5.74, 6) is 2.19. The minimum Gasteiger partial charge on any atom is -0.497 e. The number of benzene rings is 4. The lowest BCUT2D eigenvalue weighted by Crippen LogP contribution is -2.21. The third-order valence-electron chi connectivity index (χ3n) is 8.67. The van der Waals surface area contributed by atoms with E-state index in [1.807, 2.05) is 50.2 Å². The molecule has 0 radical (unpaired) electrons. The van der Waals surface area contributed by atoms with E-state index in [0.29, 0.717) is 45.1 Å². The molecular weight excluding hydrogens is 801 g/mol. The van der Waals surface area contributed by atoms with E-state index >= 15 is 0 Å². The summed E-state index contributed by atoms with van der Waals surface area (Å²) >= 11 is 15.9. The number of anilines is 4. The first kappa shape index (κ1) is 42.6. The van der Waals surface area contributed by atoms with Crippen molar-refractivity contribution in [2.75, 3.05) is 44.2 Å². The number of hydrogen-bond acceptors (Lipinski definition) is 9. The second-order valence-electron chi connectivity index (χ2n) is 12.5. The second kappa shape index (κ2) is 19.1. The second-order valence-corrected chi connectivity index (χ2v) is 15.7. The van der Waals surface area contributed by atoms with Gasteiger partial charge in [-0.3, -0.25) is 0 Å². The molecule has 0 fully saturated rings. The maximum atomic E-state index is 13.6. The molecule has 4 aromatic carbocycles. The van der Waals surface area contributed by atoms with Crippen molar-refractivity contribution in [2.45, 2.75) is 46.7 Å². The Morgan fingerprint density at radius 1 is 0.625 bits per heavy atom. The molecule has 0 saturated carbocycles. The molecule has 0 aliphatic carbocycles. The molecule has 0 aliphatic heterocycles. The summed E-state index contributed by atoms with van der Waals surface area (Å²) in [5.41, 5.74) is 3.63. The molecule has 0 atom stereocenters. The minimum absolute atomic E-state index is 0.1000. The Kier molecular flexibility index (Phi) is 14.5. The predicted octanol–water partition coefficient (Wildman–Crippen LogP) is 13.7. The van der Waals surface area contributed by atoms with E-state index in [1.165, 1.54) is 23.5 Å². The highest BCUT2D eigenvalue weighted by Gasteiger charge is 2.35. The summed E-state index contributed by atoms with van der Waals surface area (Å²) in [6.45, 7) is 9.30. The summed E-state index contributed by atoms with van der Waals surface area (Å²) < 4.78 is 56.7. The van der Waals surface area contributed by atoms with Crippen LogP contribution >= 0.6 is 45.9 Å². The molecule has 7 nitrogen and oxygen atoms in total. The average molecular weight is 844 g/mol. The Bertz CT molecular complexity index is 2250. The zero-order valence-electron chi connectivity index (χ0n) is 32.1. The van der Waals surface area contributed by atoms with E-state index in [2.05, 4.69) is 29.8 Å². The Labute approximate surface area is 344 Å². The van der Waals surface area contributed by atoms with Crippen molar-refractivity contribution < 1.29 is 27.4 Å². The number of ether oxygens (including phenoxy) is 3. The minimum atomic E-state index is -4.45. The van der Waals surface area contributed by atoms with Crippen LogP contribution in [-0.4, -0.2) is 44.4 Å². The van der Waals surface area contributed by atoms with Gasteiger partial charge in [-0.2, -0.15) is 13.2 Å². The maximum Gasteiger partial charge on any atom is 0.418 e. The summed E-state index contributed by atoms with van der Waals surface area (Å²) in [4.78, 5) is 15.4. The SMILES string of the molecule is CCCN(c1nc(-c2ccc(OC)cc2Cl)c(C)s1)c1ccccc1C(F)(F)F.CCCN(c1nc(-c2ccc(OC)cc2Cl)c(C)s1)c1ccccc1OC. The molecule has 14 heteroatoms. The fourth-order valence-electron chi connectivity index (χ4n) is 6.01. The lowest BCUT2D eigenvalue weighted by molar-refractivity contribution is -0.137. The molecule has 0 unspecified atom stereocenters. The van der Waals surface area contributed by atoms with Gasteiger partial charge in [0.25, 0.3) is 0 Å². The highest BCUT2D eigenvalue weighted by molar-refractivity contribution is 7.16. The van der Waals surface area contributed by atoms with E-state index in [9.17, 15) is 13.2 Å². The topological polar surface area (TPSA) is 60.0 Å². The molecule has 0 bridgehead atoms. The van der Waals surface area contributed by atoms with Crippen molar-refractivity contribution in [3.8, 4) is 39.8 Å². The van der Waals surface area contributed by atoms with Crippen molar-refractivity contribution in [1.29, 1.82) is 0 Å². The number of aryl methyl sites for hydroxylation is 2. The van der Waals surface area contributed by atoms with Crippen LogP contribution in [0.25, 0.3) is 22.5 Å². The van der Waals surface area contributed by atoms with Crippen LogP contribution in [0.15, 0.2) is 84.9 Å². The van der Waals surface area contributed by atoms with Crippen LogP contribution in [0, 0.1) is 13.8 Å². The van der Waals surface area contributed by atoms with Gasteiger partial charge in [-0.1, -0.05) is 61.3 Å². The quantitative estimate of drug-likeness (QED) is 0.115. The summed E-state index contributed by atoms with van der Waals surface area (Å²) in [5, 5.41) is 2.54. The van der Waals surface area contributed by atoms with Crippen molar-refractivity contribution >= 4 is 67.5 Å². The van der Waals surface area contributed by atoms with Crippen LogP contribution < -0.4 is 24.0 Å². The van der Waals surface area contributed by atoms with Crippen LogP contribution in [0.2, 0.25) is 10.0 Å². The van der Waals surface area contributed by atoms with E-state index in [0.717, 1.165) is 62.4 Å². The molecule has 0 amide bonds. The third-order valence-corrected chi connectivity index (χ3v) is 11.3. The van der Waals surface area contributed by atoms with E-state index in [-0.39, 0.29) is 5.69 Å². The molecule has 6 rings (SSSR count). The number of methoxy groups -OCH3 is 3. The Balaban J connectivity index is 0.000000215. The van der Waals surface area contributed by atoms with E-state index in [4.69, 9.17) is 42.4 Å². The van der Waals surface area contributed by atoms with Gasteiger partial charge in [0.2, 0.25) is 0 Å². The summed E-state index contributed by atoms with van der Waals surface area (Å²) in [6, 6.07) is 24.6. The first-order valence-corrected chi connectivity index (χ1v) is 20.2. The molecule has 6 aromatic rings. The van der Waals surface area contributed by atoms with Crippen molar-refractivity contribution in [2.24, 2.45) is 0 Å². The fourth-order valence-corrected chi connectivity index (χ4v) is 8.46. The zero-order chi connectivity index (χ0) is 40.6. The van der Waals surface area contributed by atoms with Crippen LogP contribution in [0.3, 0.4) is 0 Å². The first-order chi connectivity index (χ1) is 26.8. The Hall–Kier alpha value is -4.49. The van der Waals surface area contributed by atoms with Crippen molar-refractivity contribution in [3.63, 3.8) is 0 Å². The van der Waals surface area contributed by atoms with Gasteiger partial charge in [-0.25, -0.2) is 9.97 Å². The number of alkyl halides is 3. The normalized spacial score (nSPS) is 11.1. The molecule has 2 heterocycles. The average Bonchev–Trinajstić information content (AvgIpc) is 3.77. The molecule has 296 valence electrons. The van der Waals surface area contributed by atoms with Gasteiger partial charge in [0.05, 0.1) is 59.7 Å². The molecule has 0 N–H and O–H groups in total. The summed E-state index contributed by atoms with van der Waals surface area (Å²) in [6.07, 6.45) is -2.78. The molecule has 0 aliphatic rings. The van der Waals surface area contributed by atoms with Gasteiger partial charge < -0.3 is 24.0 Å². The summed E-state index contributed by atoms with van der Waals surface area (Å²) in [7, 11) is 4.88. The van der Waals surface area contributed by atoms with E-state index in [1.54, 1.807) is 61.8 Å². The van der Waals surface area contributed by atoms with Gasteiger partial charge in [-0.15, -0.1) is 22.7 Å². The van der Waals surface area contributed by atoms with Gasteiger partial charge in [-0.05, 0) is 87.4 Å². The Morgan fingerprint density at radius 3 is 1.50 bits per heavy atom. The zero-order valence-corrected chi connectivity index (χ0v) is 35.3. The highest BCUT2D eigenvalue weighted by Crippen LogP contribution is 2.44. The molecule has 0 saturated heterocycles. The lowest BCUT2D eigenvalue weighted by Gasteiger charge is -2.25. The van der Waals surface area contributed by atoms with Gasteiger partial charge in [0, 0.05) is 34.0 Å². The molecular formula is C42H43Cl2F3N4O3S2. The Morgan fingerprint density at radius 2 is 1.07 bits per heavy atom. The predicted molar refractivity (Wildman–Crippen MR) is 227 cm³/mol. The van der Waals surface area contributed by atoms with E-state index < -0.39 is 11.7 Å². The molecule has 2 aromatic heterocycles. The van der Waals surface area contributed by atoms with Crippen LogP contribution in [-0.2, 0) is 6.18 Å². The van der Waals surface area contributed by atoms with Crippen molar-refractivity contribution in [3.05, 3.63) is 110 Å². The number of hydrogen-bond donors (Lipinski definition) is 0. The standard InChI is InChI=1S/C21H20ClF3N2OS.C21H23ClN2O2S/c1-4-11-27(18-8-6-5-7-16(18)21(23,24)25)20-26-19(13(2)29-20)15-10-9-14(28-3)12-17(15)22;1-5-12-24(18-8-6-7-9-19(18)26-4)21-23-20(14(2)27-21)16-11-10-15(25-3)13-17(16)22/h5-10,12H,4,11H2,1-3H3;6-11,13H,5,12H2,1-4H3. The fraction of sp³-hybridized carbons (Fsp3) is 0.286. The number of rotatable bonds is 13.